The van der Waals surface area contributed by atoms with Crippen molar-refractivity contribution in [2.75, 3.05) is 46.3 Å². The summed E-state index contributed by atoms with van der Waals surface area (Å²) in [7, 11) is 2.18. The van der Waals surface area contributed by atoms with Crippen molar-refractivity contribution >= 4 is 5.91 Å². The smallest absolute Gasteiger partial charge is 0.220 e. The van der Waals surface area contributed by atoms with Crippen LogP contribution in [0.4, 0.5) is 0 Å². The van der Waals surface area contributed by atoms with Crippen LogP contribution in [0.2, 0.25) is 0 Å². The first-order valence-electron chi connectivity index (χ1n) is 8.13. The van der Waals surface area contributed by atoms with Crippen molar-refractivity contribution in [2.45, 2.75) is 38.1 Å². The van der Waals surface area contributed by atoms with Gasteiger partial charge in [-0.05, 0) is 64.8 Å². The first kappa shape index (κ1) is 15.7. The highest BCUT2D eigenvalue weighted by Crippen LogP contribution is 2.15. The van der Waals surface area contributed by atoms with Gasteiger partial charge in [-0.15, -0.1) is 0 Å². The first-order valence-corrected chi connectivity index (χ1v) is 8.13. The maximum absolute atomic E-state index is 11.8. The molecular weight excluding hydrogens is 252 g/mol. The Kier molecular flexibility index (Phi) is 6.76. The third-order valence-electron chi connectivity index (χ3n) is 4.53. The second kappa shape index (κ2) is 8.60. The highest BCUT2D eigenvalue weighted by Gasteiger charge is 2.17. The Morgan fingerprint density at radius 3 is 2.55 bits per heavy atom. The van der Waals surface area contributed by atoms with E-state index >= 15 is 0 Å². The summed E-state index contributed by atoms with van der Waals surface area (Å²) in [5.41, 5.74) is 0. The van der Waals surface area contributed by atoms with Gasteiger partial charge in [0.15, 0.2) is 0 Å². The highest BCUT2D eigenvalue weighted by atomic mass is 16.1. The quantitative estimate of drug-likeness (QED) is 0.608. The van der Waals surface area contributed by atoms with E-state index in [4.69, 9.17) is 0 Å². The minimum Gasteiger partial charge on any atom is -0.355 e. The maximum atomic E-state index is 11.8. The lowest BCUT2D eigenvalue weighted by Crippen LogP contribution is -2.43. The van der Waals surface area contributed by atoms with Gasteiger partial charge >= 0.3 is 0 Å². The summed E-state index contributed by atoms with van der Waals surface area (Å²) in [5.74, 6) is 0.806. The molecule has 0 radical (unpaired) electrons. The third kappa shape index (κ3) is 5.77. The highest BCUT2D eigenvalue weighted by molar-refractivity contribution is 5.76. The lowest BCUT2D eigenvalue weighted by Gasteiger charge is -2.29. The number of likely N-dealkylation sites (tertiary alicyclic amines) is 1. The molecule has 2 heterocycles. The molecule has 3 N–H and O–H groups in total. The van der Waals surface area contributed by atoms with Crippen molar-refractivity contribution in [1.29, 1.82) is 0 Å². The van der Waals surface area contributed by atoms with E-state index in [1.54, 1.807) is 0 Å². The third-order valence-corrected chi connectivity index (χ3v) is 4.53. The van der Waals surface area contributed by atoms with Crippen molar-refractivity contribution in [2.24, 2.45) is 5.92 Å². The lowest BCUT2D eigenvalue weighted by atomic mass is 9.94. The normalized spacial score (nSPS) is 22.9. The Morgan fingerprint density at radius 2 is 1.85 bits per heavy atom. The van der Waals surface area contributed by atoms with E-state index in [1.807, 2.05) is 0 Å². The van der Waals surface area contributed by atoms with Crippen molar-refractivity contribution in [1.82, 2.24) is 20.9 Å². The second-order valence-electron chi connectivity index (χ2n) is 6.28. The predicted molar refractivity (Wildman–Crippen MR) is 81.7 cm³/mol. The molecule has 1 amide bonds. The summed E-state index contributed by atoms with van der Waals surface area (Å²) in [5, 5.41) is 9.93. The molecule has 2 aliphatic rings. The molecule has 20 heavy (non-hydrogen) atoms. The van der Waals surface area contributed by atoms with Gasteiger partial charge in [-0.25, -0.2) is 0 Å². The standard InChI is InChI=1S/C15H30N4O/c1-19-10-4-14(5-11-19)17-8-9-18-15(20)12-13-2-6-16-7-3-13/h13-14,16-17H,2-12H2,1H3,(H,18,20). The SMILES string of the molecule is CN1CCC(NCCNC(=O)CC2CCNCC2)CC1. The van der Waals surface area contributed by atoms with Crippen LogP contribution in [0, 0.1) is 5.92 Å². The van der Waals surface area contributed by atoms with E-state index in [1.165, 1.54) is 25.9 Å². The van der Waals surface area contributed by atoms with Crippen LogP contribution in [0.5, 0.6) is 0 Å². The zero-order valence-electron chi connectivity index (χ0n) is 12.8. The fourth-order valence-corrected chi connectivity index (χ4v) is 3.11. The maximum Gasteiger partial charge on any atom is 0.220 e. The summed E-state index contributed by atoms with van der Waals surface area (Å²) < 4.78 is 0. The molecule has 5 heteroatoms. The average Bonchev–Trinajstić information content (AvgIpc) is 2.46. The summed E-state index contributed by atoms with van der Waals surface area (Å²) in [6, 6.07) is 0.632. The number of amides is 1. The van der Waals surface area contributed by atoms with Crippen LogP contribution in [0.15, 0.2) is 0 Å². The van der Waals surface area contributed by atoms with Crippen LogP contribution in [0.1, 0.15) is 32.1 Å². The molecule has 0 bridgehead atoms. The van der Waals surface area contributed by atoms with Crippen molar-refractivity contribution in [3.05, 3.63) is 0 Å². The van der Waals surface area contributed by atoms with Gasteiger partial charge in [0, 0.05) is 25.6 Å². The van der Waals surface area contributed by atoms with Crippen LogP contribution in [0.3, 0.4) is 0 Å². The van der Waals surface area contributed by atoms with Gasteiger partial charge in [0.05, 0.1) is 0 Å². The van der Waals surface area contributed by atoms with Crippen LogP contribution in [-0.4, -0.2) is 63.2 Å². The second-order valence-corrected chi connectivity index (χ2v) is 6.28. The first-order chi connectivity index (χ1) is 9.74. The molecule has 0 saturated carbocycles. The Balaban J connectivity index is 1.48. The van der Waals surface area contributed by atoms with Gasteiger partial charge in [0.25, 0.3) is 0 Å². The molecule has 0 aromatic heterocycles. The zero-order chi connectivity index (χ0) is 14.2. The fourth-order valence-electron chi connectivity index (χ4n) is 3.11. The summed E-state index contributed by atoms with van der Waals surface area (Å²) in [6.45, 7) is 6.15. The molecule has 2 rings (SSSR count). The topological polar surface area (TPSA) is 56.4 Å². The van der Waals surface area contributed by atoms with Crippen molar-refractivity contribution in [3.8, 4) is 0 Å². The Morgan fingerprint density at radius 1 is 1.15 bits per heavy atom. The molecule has 0 aromatic rings. The van der Waals surface area contributed by atoms with Crippen LogP contribution >= 0.6 is 0 Å². The molecule has 0 aliphatic carbocycles. The van der Waals surface area contributed by atoms with Crippen molar-refractivity contribution in [3.63, 3.8) is 0 Å². The van der Waals surface area contributed by atoms with E-state index in [2.05, 4.69) is 27.9 Å². The number of rotatable bonds is 6. The Labute approximate surface area is 122 Å². The molecule has 2 aliphatic heterocycles. The Bertz CT molecular complexity index is 284. The molecule has 5 nitrogen and oxygen atoms in total. The van der Waals surface area contributed by atoms with Gasteiger partial charge in [-0.1, -0.05) is 0 Å². The summed E-state index contributed by atoms with van der Waals surface area (Å²) in [6.07, 6.45) is 5.43. The van der Waals surface area contributed by atoms with E-state index < -0.39 is 0 Å². The number of hydrogen-bond donors (Lipinski definition) is 3. The molecule has 2 saturated heterocycles. The number of hydrogen-bond acceptors (Lipinski definition) is 4. The van der Waals surface area contributed by atoms with Crippen LogP contribution in [-0.2, 0) is 4.79 Å². The molecule has 0 atom stereocenters. The molecular formula is C15H30N4O. The molecule has 116 valence electrons. The summed E-state index contributed by atoms with van der Waals surface area (Å²) in [4.78, 5) is 14.2. The summed E-state index contributed by atoms with van der Waals surface area (Å²) >= 11 is 0. The zero-order valence-corrected chi connectivity index (χ0v) is 12.8. The van der Waals surface area contributed by atoms with Crippen LogP contribution in [0.25, 0.3) is 0 Å². The monoisotopic (exact) mass is 282 g/mol. The van der Waals surface area contributed by atoms with Gasteiger partial charge in [0.2, 0.25) is 5.91 Å². The van der Waals surface area contributed by atoms with Gasteiger partial charge in [0.1, 0.15) is 0 Å². The fraction of sp³-hybridized carbons (Fsp3) is 0.933. The number of carbonyl (C=O) groups is 1. The molecule has 0 spiro atoms. The lowest BCUT2D eigenvalue weighted by molar-refractivity contribution is -0.122. The number of nitrogens with zero attached hydrogens (tertiary/aromatic N) is 1. The minimum atomic E-state index is 0.224. The van der Waals surface area contributed by atoms with Crippen LogP contribution < -0.4 is 16.0 Å². The molecule has 0 aromatic carbocycles. The van der Waals surface area contributed by atoms with Gasteiger partial charge in [-0.2, -0.15) is 0 Å². The van der Waals surface area contributed by atoms with Crippen molar-refractivity contribution < 1.29 is 4.79 Å². The minimum absolute atomic E-state index is 0.224. The van der Waals surface area contributed by atoms with Gasteiger partial charge in [-0.3, -0.25) is 4.79 Å². The number of carbonyl (C=O) groups excluding carboxylic acids is 1. The predicted octanol–water partition coefficient (Wildman–Crippen LogP) is 0.176. The molecule has 2 fully saturated rings. The largest absolute Gasteiger partial charge is 0.355 e. The van der Waals surface area contributed by atoms with E-state index in [9.17, 15) is 4.79 Å². The average molecular weight is 282 g/mol. The number of piperidine rings is 2. The Hall–Kier alpha value is -0.650. The van der Waals surface area contributed by atoms with E-state index in [0.29, 0.717) is 18.4 Å². The molecule has 0 unspecified atom stereocenters. The number of nitrogens with one attached hydrogen (secondary N) is 3. The van der Waals surface area contributed by atoms with Gasteiger partial charge < -0.3 is 20.9 Å². The van der Waals surface area contributed by atoms with E-state index in [-0.39, 0.29) is 5.91 Å². The van der Waals surface area contributed by atoms with E-state index in [0.717, 1.165) is 39.0 Å².